The highest BCUT2D eigenvalue weighted by Gasteiger charge is 2.27. The van der Waals surface area contributed by atoms with E-state index in [1.807, 2.05) is 24.0 Å². The Morgan fingerprint density at radius 1 is 1.06 bits per heavy atom. The van der Waals surface area contributed by atoms with Crippen molar-refractivity contribution in [3.63, 3.8) is 0 Å². The van der Waals surface area contributed by atoms with Crippen LogP contribution in [0.2, 0.25) is 0 Å². The van der Waals surface area contributed by atoms with Crippen LogP contribution in [0.25, 0.3) is 0 Å². The van der Waals surface area contributed by atoms with Crippen molar-refractivity contribution in [1.82, 2.24) is 14.9 Å². The molecule has 1 fully saturated rings. The Morgan fingerprint density at radius 2 is 1.71 bits per heavy atom. The second kappa shape index (κ2) is 11.8. The summed E-state index contributed by atoms with van der Waals surface area (Å²) in [4.78, 5) is 26.8. The summed E-state index contributed by atoms with van der Waals surface area (Å²) in [6, 6.07) is 8.11. The van der Waals surface area contributed by atoms with Crippen molar-refractivity contribution in [3.8, 4) is 5.75 Å². The second-order valence-electron chi connectivity index (χ2n) is 10.9. The fraction of sp³-hybridized carbons (Fsp3) is 0.607. The van der Waals surface area contributed by atoms with Gasteiger partial charge in [-0.3, -0.25) is 4.79 Å². The summed E-state index contributed by atoms with van der Waals surface area (Å²) in [6.45, 7) is 14.2. The minimum Gasteiger partial charge on any atom is -0.497 e. The van der Waals surface area contributed by atoms with Crippen molar-refractivity contribution < 1.29 is 14.3 Å². The molecule has 35 heavy (non-hydrogen) atoms. The topological polar surface area (TPSA) is 67.8 Å². The van der Waals surface area contributed by atoms with Crippen molar-refractivity contribution in [2.45, 2.75) is 60.5 Å². The molecule has 2 heterocycles. The summed E-state index contributed by atoms with van der Waals surface area (Å²) in [7, 11) is 3.37. The molecule has 0 saturated carbocycles. The van der Waals surface area contributed by atoms with Gasteiger partial charge in [0.1, 0.15) is 17.4 Å². The van der Waals surface area contributed by atoms with Crippen molar-refractivity contribution in [2.24, 2.45) is 11.3 Å². The number of nitrogens with zero attached hydrogens (tertiary/aromatic N) is 4. The Labute approximate surface area is 210 Å². The highest BCUT2D eigenvalue weighted by molar-refractivity contribution is 5.76. The molecule has 1 aromatic carbocycles. The Morgan fingerprint density at radius 3 is 2.29 bits per heavy atom. The van der Waals surface area contributed by atoms with Crippen LogP contribution in [-0.2, 0) is 22.6 Å². The lowest BCUT2D eigenvalue weighted by atomic mass is 9.84. The Hall–Kier alpha value is -2.67. The van der Waals surface area contributed by atoms with Crippen LogP contribution >= 0.6 is 0 Å². The van der Waals surface area contributed by atoms with Crippen LogP contribution in [0.15, 0.2) is 24.3 Å². The van der Waals surface area contributed by atoms with Gasteiger partial charge in [-0.05, 0) is 42.4 Å². The molecule has 0 aliphatic carbocycles. The van der Waals surface area contributed by atoms with Crippen molar-refractivity contribution in [2.75, 3.05) is 45.3 Å². The predicted octanol–water partition coefficient (Wildman–Crippen LogP) is 4.64. The van der Waals surface area contributed by atoms with Gasteiger partial charge in [-0.25, -0.2) is 9.97 Å². The van der Waals surface area contributed by atoms with Gasteiger partial charge in [0.05, 0.1) is 19.4 Å². The molecule has 1 amide bonds. The average molecular weight is 483 g/mol. The van der Waals surface area contributed by atoms with Gasteiger partial charge in [-0.2, -0.15) is 0 Å². The van der Waals surface area contributed by atoms with Gasteiger partial charge in [0.2, 0.25) is 5.91 Å². The molecular formula is C28H42N4O3. The molecule has 7 heteroatoms. The van der Waals surface area contributed by atoms with E-state index in [0.29, 0.717) is 38.5 Å². The van der Waals surface area contributed by atoms with Crippen LogP contribution in [0, 0.1) is 18.3 Å². The minimum absolute atomic E-state index is 0.240. The van der Waals surface area contributed by atoms with Crippen LogP contribution in [-0.4, -0.2) is 61.2 Å². The first-order valence-corrected chi connectivity index (χ1v) is 12.6. The van der Waals surface area contributed by atoms with Gasteiger partial charge in [0, 0.05) is 51.7 Å². The van der Waals surface area contributed by atoms with Crippen LogP contribution in [0.5, 0.6) is 5.75 Å². The van der Waals surface area contributed by atoms with Crippen molar-refractivity contribution in [3.05, 3.63) is 46.9 Å². The van der Waals surface area contributed by atoms with Gasteiger partial charge < -0.3 is 19.3 Å². The molecule has 0 radical (unpaired) electrons. The maximum absolute atomic E-state index is 12.9. The number of benzene rings is 1. The van der Waals surface area contributed by atoms with Gasteiger partial charge in [-0.15, -0.1) is 0 Å². The number of carbonyl (C=O) groups is 1. The third-order valence-electron chi connectivity index (χ3n) is 6.42. The number of anilines is 1. The fourth-order valence-corrected chi connectivity index (χ4v) is 5.00. The van der Waals surface area contributed by atoms with E-state index in [4.69, 9.17) is 19.4 Å². The quantitative estimate of drug-likeness (QED) is 0.519. The summed E-state index contributed by atoms with van der Waals surface area (Å²) in [5, 5.41) is 0. The van der Waals surface area contributed by atoms with Gasteiger partial charge in [-0.1, -0.05) is 39.8 Å². The standard InChI is InChI=1S/C28H42N4O3/c1-20(18-28(3,4)5)16-26(33)31-12-14-32(15-13-31)27-24(25(19-34-6)29-21(2)30-27)17-22-8-10-23(35-7)11-9-22/h8-11,20H,12-19H2,1-7H3/t20-/m0/s1. The van der Waals surface area contributed by atoms with E-state index < -0.39 is 0 Å². The molecule has 2 aromatic rings. The molecule has 1 aliphatic heterocycles. The zero-order valence-electron chi connectivity index (χ0n) is 22.6. The monoisotopic (exact) mass is 482 g/mol. The molecule has 1 aromatic heterocycles. The molecule has 0 N–H and O–H groups in total. The maximum atomic E-state index is 12.9. The van der Waals surface area contributed by atoms with E-state index in [1.165, 1.54) is 5.56 Å². The first-order chi connectivity index (χ1) is 16.6. The van der Waals surface area contributed by atoms with Crippen molar-refractivity contribution >= 4 is 11.7 Å². The molecule has 3 rings (SSSR count). The Balaban J connectivity index is 1.75. The molecule has 1 aliphatic rings. The van der Waals surface area contributed by atoms with Crippen LogP contribution in [0.3, 0.4) is 0 Å². The average Bonchev–Trinajstić information content (AvgIpc) is 2.80. The molecule has 1 atom stereocenters. The van der Waals surface area contributed by atoms with Crippen LogP contribution < -0.4 is 9.64 Å². The number of piperazine rings is 1. The number of methoxy groups -OCH3 is 2. The fourth-order valence-electron chi connectivity index (χ4n) is 5.00. The number of hydrogen-bond donors (Lipinski definition) is 0. The summed E-state index contributed by atoms with van der Waals surface area (Å²) in [6.07, 6.45) is 2.38. The Bertz CT molecular complexity index is 977. The minimum atomic E-state index is 0.240. The number of carbonyl (C=O) groups excluding carboxylic acids is 1. The van der Waals surface area contributed by atoms with E-state index in [9.17, 15) is 4.79 Å². The first-order valence-electron chi connectivity index (χ1n) is 12.6. The molecule has 192 valence electrons. The lowest BCUT2D eigenvalue weighted by Gasteiger charge is -2.37. The molecule has 1 saturated heterocycles. The third-order valence-corrected chi connectivity index (χ3v) is 6.42. The Kier molecular flexibility index (Phi) is 9.11. The molecule has 0 spiro atoms. The smallest absolute Gasteiger partial charge is 0.222 e. The largest absolute Gasteiger partial charge is 0.497 e. The lowest BCUT2D eigenvalue weighted by Crippen LogP contribution is -2.49. The number of hydrogen-bond acceptors (Lipinski definition) is 6. The molecule has 0 bridgehead atoms. The SMILES string of the molecule is COCc1nc(C)nc(N2CCN(C(=O)C[C@H](C)CC(C)(C)C)CC2)c1Cc1ccc(OC)cc1. The van der Waals surface area contributed by atoms with Crippen LogP contribution in [0.1, 0.15) is 63.2 Å². The predicted molar refractivity (Wildman–Crippen MR) is 140 cm³/mol. The third kappa shape index (κ3) is 7.66. The lowest BCUT2D eigenvalue weighted by molar-refractivity contribution is -0.132. The number of aryl methyl sites for hydroxylation is 1. The maximum Gasteiger partial charge on any atom is 0.222 e. The van der Waals surface area contributed by atoms with E-state index >= 15 is 0 Å². The number of aromatic nitrogens is 2. The summed E-state index contributed by atoms with van der Waals surface area (Å²) in [5.41, 5.74) is 3.41. The van der Waals surface area contributed by atoms with Gasteiger partial charge >= 0.3 is 0 Å². The first kappa shape index (κ1) is 26.9. The zero-order valence-corrected chi connectivity index (χ0v) is 22.6. The zero-order chi connectivity index (χ0) is 25.6. The van der Waals surface area contributed by atoms with Gasteiger partial charge in [0.25, 0.3) is 0 Å². The van der Waals surface area contributed by atoms with Crippen LogP contribution in [0.4, 0.5) is 5.82 Å². The summed E-state index contributed by atoms with van der Waals surface area (Å²) < 4.78 is 10.8. The molecule has 7 nitrogen and oxygen atoms in total. The number of rotatable bonds is 9. The second-order valence-corrected chi connectivity index (χ2v) is 10.9. The summed E-state index contributed by atoms with van der Waals surface area (Å²) >= 11 is 0. The van der Waals surface area contributed by atoms with E-state index in [1.54, 1.807) is 14.2 Å². The van der Waals surface area contributed by atoms with E-state index in [-0.39, 0.29) is 11.3 Å². The molecular weight excluding hydrogens is 440 g/mol. The highest BCUT2D eigenvalue weighted by atomic mass is 16.5. The van der Waals surface area contributed by atoms with Crippen molar-refractivity contribution in [1.29, 1.82) is 0 Å². The normalized spacial score (nSPS) is 15.3. The highest BCUT2D eigenvalue weighted by Crippen LogP contribution is 2.28. The number of ether oxygens (including phenoxy) is 2. The van der Waals surface area contributed by atoms with Gasteiger partial charge in [0.15, 0.2) is 0 Å². The molecule has 0 unspecified atom stereocenters. The summed E-state index contributed by atoms with van der Waals surface area (Å²) in [5.74, 6) is 3.18. The van der Waals surface area contributed by atoms with E-state index in [2.05, 4.69) is 44.7 Å². The van der Waals surface area contributed by atoms with E-state index in [0.717, 1.165) is 48.2 Å². The number of amides is 1.